The average Bonchev–Trinajstić information content (AvgIpc) is 2.86. The van der Waals surface area contributed by atoms with Crippen LogP contribution in [0.25, 0.3) is 35.4 Å². The molecule has 2 N–H and O–H groups in total. The molecule has 37 heavy (non-hydrogen) atoms. The van der Waals surface area contributed by atoms with Gasteiger partial charge in [0, 0.05) is 16.7 Å². The van der Waals surface area contributed by atoms with Crippen LogP contribution in [0.15, 0.2) is 107 Å². The van der Waals surface area contributed by atoms with Crippen LogP contribution in [-0.2, 0) is 20.2 Å². The molecule has 0 saturated heterocycles. The van der Waals surface area contributed by atoms with E-state index in [9.17, 15) is 25.9 Å². The summed E-state index contributed by atoms with van der Waals surface area (Å²) in [6.07, 6.45) is 6.77. The Balaban J connectivity index is 0.00000380. The quantitative estimate of drug-likeness (QED) is 0.180. The number of benzene rings is 4. The van der Waals surface area contributed by atoms with E-state index < -0.39 is 30.0 Å². The molecule has 4 aromatic rings. The fraction of sp³-hybridized carbons (Fsp3) is 0. The Kier molecular flexibility index (Phi) is 9.44. The van der Waals surface area contributed by atoms with Gasteiger partial charge in [0.25, 0.3) is 20.2 Å². The van der Waals surface area contributed by atoms with Gasteiger partial charge in [-0.3, -0.25) is 9.11 Å². The van der Waals surface area contributed by atoms with Crippen LogP contribution >= 0.6 is 0 Å². The third-order valence-corrected chi connectivity index (χ3v) is 7.31. The third kappa shape index (κ3) is 7.15. The van der Waals surface area contributed by atoms with Crippen molar-refractivity contribution in [3.63, 3.8) is 0 Å². The van der Waals surface area contributed by atoms with E-state index in [0.717, 1.165) is 11.1 Å². The summed E-state index contributed by atoms with van der Waals surface area (Å²) in [5.74, 6) is 0. The van der Waals surface area contributed by atoms with Gasteiger partial charge in [-0.25, -0.2) is 0 Å². The summed E-state index contributed by atoms with van der Waals surface area (Å²) in [5, 5.41) is 0. The van der Waals surface area contributed by atoms with Gasteiger partial charge in [-0.15, -0.1) is 0 Å². The van der Waals surface area contributed by atoms with Crippen LogP contribution in [0.2, 0.25) is 0 Å². The Hall–Kier alpha value is -2.82. The van der Waals surface area contributed by atoms with E-state index in [1.54, 1.807) is 30.4 Å². The van der Waals surface area contributed by atoms with Crippen molar-refractivity contribution in [3.05, 3.63) is 119 Å². The fourth-order valence-corrected chi connectivity index (χ4v) is 5.46. The number of rotatable bonds is 7. The van der Waals surface area contributed by atoms with Gasteiger partial charge < -0.3 is 0 Å². The minimum absolute atomic E-state index is 0. The second kappa shape index (κ2) is 12.1. The predicted molar refractivity (Wildman–Crippen MR) is 149 cm³/mol. The first-order valence-corrected chi connectivity index (χ1v) is 13.7. The van der Waals surface area contributed by atoms with Crippen molar-refractivity contribution in [2.75, 3.05) is 0 Å². The minimum atomic E-state index is -4.85. The van der Waals surface area contributed by atoms with Crippen molar-refractivity contribution in [1.82, 2.24) is 0 Å². The van der Waals surface area contributed by atoms with E-state index in [0.29, 0.717) is 5.56 Å². The van der Waals surface area contributed by atoms with Crippen molar-refractivity contribution in [3.8, 4) is 11.1 Å². The molecular formula is C28H23NaO6S2. The maximum absolute atomic E-state index is 12.7. The molecule has 0 aliphatic carbocycles. The fourth-order valence-electron chi connectivity index (χ4n) is 3.83. The predicted octanol–water partition coefficient (Wildman–Crippen LogP) is 5.54. The first-order chi connectivity index (χ1) is 17.1. The van der Waals surface area contributed by atoms with E-state index in [-0.39, 0.29) is 46.2 Å². The molecule has 0 bridgehead atoms. The molecule has 0 unspecified atom stereocenters. The SMILES string of the molecule is O=S(=O)(O)c1ccccc1-c1ccc(C=Cc2ccccc2)c(C=Cc2ccccc2)c1S(=O)(=O)O.[NaH]. The van der Waals surface area contributed by atoms with Crippen LogP contribution in [-0.4, -0.2) is 55.5 Å². The van der Waals surface area contributed by atoms with Gasteiger partial charge in [0.2, 0.25) is 0 Å². The van der Waals surface area contributed by atoms with Crippen LogP contribution in [0.1, 0.15) is 22.3 Å². The summed E-state index contributed by atoms with van der Waals surface area (Å²) in [6, 6.07) is 27.1. The summed E-state index contributed by atoms with van der Waals surface area (Å²) in [4.78, 5) is -0.943. The standard InChI is InChI=1S/C28H22O6S2.Na.H/c29-35(30,31)27-14-8-7-13-25(27)26-20-18-23(17-15-21-9-3-1-4-10-21)24(28(26)36(32,33)34)19-16-22-11-5-2-6-12-22;;/h1-20H,(H,29,30,31)(H,32,33,34);;. The Morgan fingerprint density at radius 3 is 1.57 bits per heavy atom. The molecule has 6 nitrogen and oxygen atoms in total. The van der Waals surface area contributed by atoms with E-state index in [1.165, 1.54) is 30.3 Å². The van der Waals surface area contributed by atoms with Crippen LogP contribution in [0.5, 0.6) is 0 Å². The van der Waals surface area contributed by atoms with Crippen molar-refractivity contribution in [1.29, 1.82) is 0 Å². The molecule has 0 amide bonds. The molecule has 9 heteroatoms. The van der Waals surface area contributed by atoms with Crippen molar-refractivity contribution >= 4 is 74.1 Å². The van der Waals surface area contributed by atoms with E-state index in [1.807, 2.05) is 60.7 Å². The third-order valence-electron chi connectivity index (χ3n) is 5.44. The van der Waals surface area contributed by atoms with E-state index in [2.05, 4.69) is 0 Å². The van der Waals surface area contributed by atoms with Crippen molar-refractivity contribution in [2.24, 2.45) is 0 Å². The van der Waals surface area contributed by atoms with Gasteiger partial charge in [-0.1, -0.05) is 115 Å². The molecule has 4 rings (SSSR count). The van der Waals surface area contributed by atoms with Gasteiger partial charge in [0.05, 0.1) is 0 Å². The number of hydrogen-bond acceptors (Lipinski definition) is 4. The molecule has 0 radical (unpaired) electrons. The molecule has 4 aromatic carbocycles. The van der Waals surface area contributed by atoms with Crippen molar-refractivity contribution < 1.29 is 25.9 Å². The zero-order chi connectivity index (χ0) is 25.8. The Morgan fingerprint density at radius 2 is 1.03 bits per heavy atom. The summed E-state index contributed by atoms with van der Waals surface area (Å²) >= 11 is 0. The molecule has 0 aliphatic heterocycles. The molecule has 0 atom stereocenters. The Labute approximate surface area is 238 Å². The summed E-state index contributed by atoms with van der Waals surface area (Å²) in [5.41, 5.74) is 2.20. The Bertz CT molecular complexity index is 1660. The summed E-state index contributed by atoms with van der Waals surface area (Å²) in [7, 11) is -9.52. The second-order valence-electron chi connectivity index (χ2n) is 7.88. The van der Waals surface area contributed by atoms with Crippen LogP contribution in [0.3, 0.4) is 0 Å². The first kappa shape index (κ1) is 28.7. The van der Waals surface area contributed by atoms with Crippen LogP contribution in [0.4, 0.5) is 0 Å². The van der Waals surface area contributed by atoms with Crippen LogP contribution in [0, 0.1) is 0 Å². The molecule has 0 aliphatic rings. The average molecular weight is 543 g/mol. The zero-order valence-electron chi connectivity index (χ0n) is 18.9. The normalized spacial score (nSPS) is 12.1. The molecule has 184 valence electrons. The zero-order valence-corrected chi connectivity index (χ0v) is 20.5. The van der Waals surface area contributed by atoms with E-state index >= 15 is 0 Å². The van der Waals surface area contributed by atoms with Gasteiger partial charge >= 0.3 is 29.6 Å². The molecule has 0 aromatic heterocycles. The Morgan fingerprint density at radius 1 is 0.514 bits per heavy atom. The van der Waals surface area contributed by atoms with Gasteiger partial charge in [0.1, 0.15) is 9.79 Å². The number of hydrogen-bond donors (Lipinski definition) is 2. The maximum atomic E-state index is 12.7. The molecule has 0 saturated carbocycles. The summed E-state index contributed by atoms with van der Waals surface area (Å²) in [6.45, 7) is 0. The van der Waals surface area contributed by atoms with Crippen molar-refractivity contribution in [2.45, 2.75) is 9.79 Å². The molecule has 0 fully saturated rings. The first-order valence-electron chi connectivity index (χ1n) is 10.8. The van der Waals surface area contributed by atoms with Gasteiger partial charge in [0.15, 0.2) is 0 Å². The monoisotopic (exact) mass is 542 g/mol. The van der Waals surface area contributed by atoms with Gasteiger partial charge in [-0.05, 0) is 22.8 Å². The second-order valence-corrected chi connectivity index (χ2v) is 10.6. The molecular weight excluding hydrogens is 519 g/mol. The summed E-state index contributed by atoms with van der Waals surface area (Å²) < 4.78 is 69.6. The topological polar surface area (TPSA) is 109 Å². The van der Waals surface area contributed by atoms with Gasteiger partial charge in [-0.2, -0.15) is 16.8 Å². The molecule has 0 heterocycles. The van der Waals surface area contributed by atoms with E-state index in [4.69, 9.17) is 0 Å². The molecule has 0 spiro atoms. The van der Waals surface area contributed by atoms with Crippen LogP contribution < -0.4 is 0 Å².